The lowest BCUT2D eigenvalue weighted by Gasteiger charge is -2.30. The summed E-state index contributed by atoms with van der Waals surface area (Å²) in [5.41, 5.74) is 8.64. The Bertz CT molecular complexity index is 2650. The number of aromatic nitrogens is 4. The SMILES string of the molecule is CC(C)COC(=O)N[C@@H](C(=O)N1CCC[C@H]1c1ncc(-c2cc3c4c(c2)OCc2cc(-c5cnc([C@@H]6CCCN6C(=O)[C@H](NC(=O)OCC(C)C)c6ccccc6)[nH]5)cc(c2-4)OC3)[nH]1)c1ccccc1. The minimum absolute atomic E-state index is 0.155. The fourth-order valence-corrected chi connectivity index (χ4v) is 9.93. The second-order valence-corrected chi connectivity index (χ2v) is 19.3. The summed E-state index contributed by atoms with van der Waals surface area (Å²) < 4.78 is 23.8. The van der Waals surface area contributed by atoms with Gasteiger partial charge in [0.05, 0.1) is 49.1 Å². The zero-order valence-electron chi connectivity index (χ0n) is 39.8. The molecular weight excluding hydrogens is 889 g/mol. The number of likely N-dealkylation sites (tertiary alicyclic amines) is 2. The summed E-state index contributed by atoms with van der Waals surface area (Å²) in [6, 6.07) is 24.3. The lowest BCUT2D eigenvalue weighted by Crippen LogP contribution is -2.43. The van der Waals surface area contributed by atoms with Crippen molar-refractivity contribution in [3.05, 3.63) is 131 Å². The predicted octanol–water partition coefficient (Wildman–Crippen LogP) is 9.49. The van der Waals surface area contributed by atoms with Crippen molar-refractivity contribution >= 4 is 24.0 Å². The van der Waals surface area contributed by atoms with E-state index in [2.05, 4.69) is 32.7 Å². The van der Waals surface area contributed by atoms with Gasteiger partial charge in [0.1, 0.15) is 48.4 Å². The zero-order valence-corrected chi connectivity index (χ0v) is 39.8. The molecule has 2 aromatic heterocycles. The minimum atomic E-state index is -0.917. The van der Waals surface area contributed by atoms with Crippen LogP contribution in [-0.2, 0) is 32.3 Å². The highest BCUT2D eigenvalue weighted by molar-refractivity contribution is 5.90. The average molecular weight is 947 g/mol. The molecule has 4 aliphatic rings. The Morgan fingerprint density at radius 3 is 1.44 bits per heavy atom. The third kappa shape index (κ3) is 9.41. The van der Waals surface area contributed by atoms with Crippen LogP contribution in [0.3, 0.4) is 0 Å². The van der Waals surface area contributed by atoms with Gasteiger partial charge in [0, 0.05) is 46.5 Å². The van der Waals surface area contributed by atoms with Crippen LogP contribution in [0.5, 0.6) is 11.5 Å². The Labute approximate surface area is 406 Å². The maximum atomic E-state index is 14.3. The van der Waals surface area contributed by atoms with Gasteiger partial charge in [-0.3, -0.25) is 9.59 Å². The van der Waals surface area contributed by atoms with Gasteiger partial charge in [0.15, 0.2) is 0 Å². The number of carbonyl (C=O) groups excluding carboxylic acids is 4. The highest BCUT2D eigenvalue weighted by Gasteiger charge is 2.39. The number of amides is 4. The number of hydrogen-bond donors (Lipinski definition) is 4. The van der Waals surface area contributed by atoms with Gasteiger partial charge >= 0.3 is 12.2 Å². The molecule has 16 nitrogen and oxygen atoms in total. The zero-order chi connectivity index (χ0) is 48.5. The summed E-state index contributed by atoms with van der Waals surface area (Å²) in [4.78, 5) is 74.5. The summed E-state index contributed by atoms with van der Waals surface area (Å²) in [7, 11) is 0. The number of nitrogens with zero attached hydrogens (tertiary/aromatic N) is 4. The minimum Gasteiger partial charge on any atom is -0.488 e. The molecule has 0 spiro atoms. The molecule has 0 saturated carbocycles. The lowest BCUT2D eigenvalue weighted by molar-refractivity contribution is -0.135. The third-order valence-electron chi connectivity index (χ3n) is 13.3. The first-order chi connectivity index (χ1) is 34.0. The molecule has 4 amide bonds. The van der Waals surface area contributed by atoms with Gasteiger partial charge in [0.2, 0.25) is 0 Å². The van der Waals surface area contributed by atoms with Crippen molar-refractivity contribution in [2.75, 3.05) is 26.3 Å². The Morgan fingerprint density at radius 1 is 0.629 bits per heavy atom. The highest BCUT2D eigenvalue weighted by Crippen LogP contribution is 2.51. The largest absolute Gasteiger partial charge is 0.488 e. The number of imidazole rings is 2. The number of nitrogens with one attached hydrogen (secondary N) is 4. The first-order valence-corrected chi connectivity index (χ1v) is 24.3. The summed E-state index contributed by atoms with van der Waals surface area (Å²) >= 11 is 0. The van der Waals surface area contributed by atoms with E-state index in [1.54, 1.807) is 22.2 Å². The fourth-order valence-electron chi connectivity index (χ4n) is 9.93. The van der Waals surface area contributed by atoms with E-state index in [-0.39, 0.29) is 48.9 Å². The molecule has 70 heavy (non-hydrogen) atoms. The van der Waals surface area contributed by atoms with Gasteiger partial charge in [-0.2, -0.15) is 0 Å². The van der Waals surface area contributed by atoms with Crippen molar-refractivity contribution in [3.63, 3.8) is 0 Å². The highest BCUT2D eigenvalue weighted by atomic mass is 16.6. The Hall–Kier alpha value is -7.62. The van der Waals surface area contributed by atoms with E-state index in [9.17, 15) is 19.2 Å². The number of hydrogen-bond acceptors (Lipinski definition) is 10. The van der Waals surface area contributed by atoms with Gasteiger partial charge in [0.25, 0.3) is 11.8 Å². The van der Waals surface area contributed by atoms with Crippen molar-refractivity contribution in [2.24, 2.45) is 11.8 Å². The van der Waals surface area contributed by atoms with E-state index in [0.717, 1.165) is 82.0 Å². The van der Waals surface area contributed by atoms with Crippen LogP contribution < -0.4 is 20.1 Å². The number of rotatable bonds is 14. The molecule has 10 rings (SSSR count). The van der Waals surface area contributed by atoms with Crippen molar-refractivity contribution < 1.29 is 38.1 Å². The van der Waals surface area contributed by atoms with Crippen molar-refractivity contribution in [2.45, 2.75) is 90.8 Å². The molecule has 362 valence electrons. The normalized spacial score (nSPS) is 17.6. The topological polar surface area (TPSA) is 193 Å². The number of benzene rings is 4. The first-order valence-electron chi connectivity index (χ1n) is 24.3. The van der Waals surface area contributed by atoms with Crippen molar-refractivity contribution in [1.29, 1.82) is 0 Å². The lowest BCUT2D eigenvalue weighted by atomic mass is 9.87. The second kappa shape index (κ2) is 19.8. The molecular formula is C54H58N8O8. The van der Waals surface area contributed by atoms with Gasteiger partial charge in [-0.05, 0) is 72.9 Å². The molecule has 4 N–H and O–H groups in total. The molecule has 0 unspecified atom stereocenters. The molecule has 4 aromatic carbocycles. The molecule has 2 fully saturated rings. The first kappa shape index (κ1) is 46.1. The molecule has 2 saturated heterocycles. The molecule has 6 heterocycles. The molecule has 4 aliphatic heterocycles. The van der Waals surface area contributed by atoms with E-state index in [1.165, 1.54) is 0 Å². The van der Waals surface area contributed by atoms with Gasteiger partial charge in [-0.25, -0.2) is 19.6 Å². The Kier molecular flexibility index (Phi) is 13.0. The summed E-state index contributed by atoms with van der Waals surface area (Å²) in [6.07, 6.45) is 5.33. The Morgan fingerprint density at radius 2 is 1.04 bits per heavy atom. The monoisotopic (exact) mass is 946 g/mol. The number of ether oxygens (including phenoxy) is 4. The summed E-state index contributed by atoms with van der Waals surface area (Å²) in [5, 5.41) is 5.66. The standard InChI is InChI=1S/C54H58N8O8/c1-31(2)27-69-53(65)59-47(33-13-7-5-8-14-33)51(63)61-19-11-17-41(61)49-55-25-39(57-49)35-21-37-29-68-44-24-36(22-38-30-67-43(23-35)45(37)46(38)44)40-26-56-50(58-40)42-18-12-20-62(42)52(64)48(34-15-9-6-10-16-34)60-54(66)70-28-32(3)4/h5-10,13-16,21-26,31-32,41-42,47-48H,11-12,17-20,27-30H2,1-4H3,(H,55,57)(H,56,58)(H,59,65)(H,60,66)/t41-,42-,47+,48+/m0/s1. The predicted molar refractivity (Wildman–Crippen MR) is 260 cm³/mol. The summed E-state index contributed by atoms with van der Waals surface area (Å²) in [6.45, 7) is 10.0. The van der Waals surface area contributed by atoms with Gasteiger partial charge < -0.3 is 49.3 Å². The smallest absolute Gasteiger partial charge is 0.408 e. The van der Waals surface area contributed by atoms with Crippen molar-refractivity contribution in [1.82, 2.24) is 40.4 Å². The maximum Gasteiger partial charge on any atom is 0.408 e. The second-order valence-electron chi connectivity index (χ2n) is 19.3. The van der Waals surface area contributed by atoms with Crippen LogP contribution in [0.15, 0.2) is 97.3 Å². The van der Waals surface area contributed by atoms with Crippen LogP contribution in [-0.4, -0.2) is 80.0 Å². The van der Waals surface area contributed by atoms with E-state index in [4.69, 9.17) is 28.9 Å². The van der Waals surface area contributed by atoms with Crippen LogP contribution in [0.25, 0.3) is 33.6 Å². The van der Waals surface area contributed by atoms with E-state index >= 15 is 0 Å². The third-order valence-corrected chi connectivity index (χ3v) is 13.3. The quantitative estimate of drug-likeness (QED) is 0.0818. The number of aromatic amines is 2. The molecule has 0 radical (unpaired) electrons. The van der Waals surface area contributed by atoms with E-state index < -0.39 is 24.3 Å². The number of alkyl carbamates (subject to hydrolysis) is 2. The van der Waals surface area contributed by atoms with Crippen LogP contribution in [0.1, 0.15) is 111 Å². The maximum absolute atomic E-state index is 14.3. The average Bonchev–Trinajstić information content (AvgIpc) is 4.23. The van der Waals surface area contributed by atoms with Crippen LogP contribution in [0.2, 0.25) is 0 Å². The van der Waals surface area contributed by atoms with Crippen molar-refractivity contribution in [3.8, 4) is 45.1 Å². The molecule has 0 aliphatic carbocycles. The molecule has 0 bridgehead atoms. The number of carbonyl (C=O) groups is 4. The van der Waals surface area contributed by atoms with Gasteiger partial charge in [-0.15, -0.1) is 0 Å². The molecule has 4 atom stereocenters. The van der Waals surface area contributed by atoms with Crippen LogP contribution in [0.4, 0.5) is 9.59 Å². The van der Waals surface area contributed by atoms with E-state index in [1.807, 2.05) is 100 Å². The molecule has 6 aromatic rings. The summed E-state index contributed by atoms with van der Waals surface area (Å²) in [5.74, 6) is 2.70. The van der Waals surface area contributed by atoms with E-state index in [0.29, 0.717) is 49.1 Å². The fraction of sp³-hybridized carbons (Fsp3) is 0.370. The Balaban J connectivity index is 0.857. The van der Waals surface area contributed by atoms with Crippen LogP contribution >= 0.6 is 0 Å². The number of H-pyrrole nitrogens is 2. The molecule has 16 heteroatoms. The van der Waals surface area contributed by atoms with Crippen LogP contribution in [0, 0.1) is 11.8 Å². The van der Waals surface area contributed by atoms with Gasteiger partial charge in [-0.1, -0.05) is 88.4 Å².